The Morgan fingerprint density at radius 3 is 2.29 bits per heavy atom. The molecule has 1 aromatic rings. The summed E-state index contributed by atoms with van der Waals surface area (Å²) in [6.45, 7) is 0.675. The van der Waals surface area contributed by atoms with E-state index in [0.717, 1.165) is 31.2 Å². The van der Waals surface area contributed by atoms with E-state index in [2.05, 4.69) is 10.2 Å². The number of nitrogens with one attached hydrogen (secondary N) is 1. The fraction of sp³-hybridized carbons (Fsp3) is 0.529. The van der Waals surface area contributed by atoms with Crippen molar-refractivity contribution in [2.45, 2.75) is 44.7 Å². The standard InChI is InChI=1S/C17H22N2O2/c1-18-16(20)13-7-5-12(6-8-13)11-19(15-9-10-15)17(21)14-3-2-4-14/h5-8,14-15H,2-4,9-11H2,1H3,(H,18,20). The summed E-state index contributed by atoms with van der Waals surface area (Å²) in [6.07, 6.45) is 5.56. The molecule has 3 rings (SSSR count). The molecule has 112 valence electrons. The monoisotopic (exact) mass is 286 g/mol. The molecule has 21 heavy (non-hydrogen) atoms. The Kier molecular flexibility index (Phi) is 3.95. The molecule has 2 aliphatic carbocycles. The molecule has 0 bridgehead atoms. The van der Waals surface area contributed by atoms with Crippen molar-refractivity contribution in [3.05, 3.63) is 35.4 Å². The van der Waals surface area contributed by atoms with Crippen LogP contribution in [0, 0.1) is 5.92 Å². The predicted molar refractivity (Wildman–Crippen MR) is 80.7 cm³/mol. The van der Waals surface area contributed by atoms with Gasteiger partial charge < -0.3 is 10.2 Å². The summed E-state index contributed by atoms with van der Waals surface area (Å²) < 4.78 is 0. The molecule has 0 aliphatic heterocycles. The van der Waals surface area contributed by atoms with E-state index in [4.69, 9.17) is 0 Å². The molecule has 2 aliphatic rings. The lowest BCUT2D eigenvalue weighted by Gasteiger charge is -2.32. The van der Waals surface area contributed by atoms with Crippen molar-refractivity contribution in [1.29, 1.82) is 0 Å². The van der Waals surface area contributed by atoms with E-state index in [1.165, 1.54) is 6.42 Å². The van der Waals surface area contributed by atoms with E-state index >= 15 is 0 Å². The Hall–Kier alpha value is -1.84. The van der Waals surface area contributed by atoms with Crippen molar-refractivity contribution in [2.24, 2.45) is 5.92 Å². The van der Waals surface area contributed by atoms with Gasteiger partial charge in [0.2, 0.25) is 5.91 Å². The molecule has 4 nitrogen and oxygen atoms in total. The number of amides is 2. The van der Waals surface area contributed by atoms with Crippen LogP contribution >= 0.6 is 0 Å². The maximum absolute atomic E-state index is 12.5. The van der Waals surface area contributed by atoms with Gasteiger partial charge in [-0.2, -0.15) is 0 Å². The molecule has 0 unspecified atom stereocenters. The van der Waals surface area contributed by atoms with Crippen LogP contribution in [0.5, 0.6) is 0 Å². The lowest BCUT2D eigenvalue weighted by Crippen LogP contribution is -2.39. The third-order valence-electron chi connectivity index (χ3n) is 4.52. The minimum atomic E-state index is -0.0776. The van der Waals surface area contributed by atoms with Gasteiger partial charge in [-0.15, -0.1) is 0 Å². The Bertz CT molecular complexity index is 530. The second-order valence-corrected chi connectivity index (χ2v) is 6.10. The van der Waals surface area contributed by atoms with E-state index < -0.39 is 0 Å². The summed E-state index contributed by atoms with van der Waals surface area (Å²) in [7, 11) is 1.63. The Morgan fingerprint density at radius 1 is 1.14 bits per heavy atom. The van der Waals surface area contributed by atoms with Crippen LogP contribution in [-0.2, 0) is 11.3 Å². The van der Waals surface area contributed by atoms with Crippen molar-refractivity contribution in [2.75, 3.05) is 7.05 Å². The first kappa shape index (κ1) is 14.1. The van der Waals surface area contributed by atoms with Gasteiger partial charge in [0.1, 0.15) is 0 Å². The first-order valence-corrected chi connectivity index (χ1v) is 7.80. The third kappa shape index (κ3) is 3.09. The van der Waals surface area contributed by atoms with Gasteiger partial charge >= 0.3 is 0 Å². The van der Waals surface area contributed by atoms with E-state index in [1.54, 1.807) is 7.05 Å². The predicted octanol–water partition coefficient (Wildman–Crippen LogP) is 2.34. The van der Waals surface area contributed by atoms with E-state index in [0.29, 0.717) is 24.1 Å². The Morgan fingerprint density at radius 2 is 1.81 bits per heavy atom. The first-order valence-electron chi connectivity index (χ1n) is 7.80. The minimum Gasteiger partial charge on any atom is -0.355 e. The van der Waals surface area contributed by atoms with Gasteiger partial charge in [-0.1, -0.05) is 18.6 Å². The average molecular weight is 286 g/mol. The molecule has 0 atom stereocenters. The van der Waals surface area contributed by atoms with Crippen LogP contribution in [0.3, 0.4) is 0 Å². The molecule has 2 amide bonds. The fourth-order valence-corrected chi connectivity index (χ4v) is 2.77. The number of hydrogen-bond acceptors (Lipinski definition) is 2. The van der Waals surface area contributed by atoms with E-state index in [9.17, 15) is 9.59 Å². The molecule has 0 radical (unpaired) electrons. The van der Waals surface area contributed by atoms with Crippen LogP contribution in [0.25, 0.3) is 0 Å². The van der Waals surface area contributed by atoms with Crippen LogP contribution in [0.2, 0.25) is 0 Å². The summed E-state index contributed by atoms with van der Waals surface area (Å²) in [6, 6.07) is 8.00. The SMILES string of the molecule is CNC(=O)c1ccc(CN(C(=O)C2CCC2)C2CC2)cc1. The highest BCUT2D eigenvalue weighted by atomic mass is 16.2. The van der Waals surface area contributed by atoms with Crippen LogP contribution in [0.4, 0.5) is 0 Å². The highest BCUT2D eigenvalue weighted by Gasteiger charge is 2.37. The molecule has 0 aromatic heterocycles. The highest BCUT2D eigenvalue weighted by molar-refractivity contribution is 5.93. The van der Waals surface area contributed by atoms with Gasteiger partial charge in [0, 0.05) is 31.1 Å². The molecule has 4 heteroatoms. The van der Waals surface area contributed by atoms with Gasteiger partial charge in [0.25, 0.3) is 5.91 Å². The van der Waals surface area contributed by atoms with Gasteiger partial charge in [0.05, 0.1) is 0 Å². The van der Waals surface area contributed by atoms with Crippen LogP contribution in [0.15, 0.2) is 24.3 Å². The van der Waals surface area contributed by atoms with Gasteiger partial charge in [-0.25, -0.2) is 0 Å². The molecule has 2 fully saturated rings. The smallest absolute Gasteiger partial charge is 0.251 e. The summed E-state index contributed by atoms with van der Waals surface area (Å²) in [5, 5.41) is 2.61. The summed E-state index contributed by atoms with van der Waals surface area (Å²) in [5.41, 5.74) is 1.76. The number of carbonyl (C=O) groups excluding carboxylic acids is 2. The van der Waals surface area contributed by atoms with Crippen LogP contribution in [0.1, 0.15) is 48.0 Å². The number of rotatable bonds is 5. The molecular weight excluding hydrogens is 264 g/mol. The van der Waals surface area contributed by atoms with E-state index in [-0.39, 0.29) is 11.8 Å². The maximum atomic E-state index is 12.5. The molecule has 0 saturated heterocycles. The van der Waals surface area contributed by atoms with Crippen molar-refractivity contribution in [3.8, 4) is 0 Å². The lowest BCUT2D eigenvalue weighted by atomic mass is 9.84. The van der Waals surface area contributed by atoms with Crippen molar-refractivity contribution in [3.63, 3.8) is 0 Å². The Labute approximate surface area is 125 Å². The summed E-state index contributed by atoms with van der Waals surface area (Å²) in [5.74, 6) is 0.515. The molecule has 0 heterocycles. The zero-order chi connectivity index (χ0) is 14.8. The summed E-state index contributed by atoms with van der Waals surface area (Å²) in [4.78, 5) is 26.1. The quantitative estimate of drug-likeness (QED) is 0.903. The first-order chi connectivity index (χ1) is 10.2. The second kappa shape index (κ2) is 5.88. The fourth-order valence-electron chi connectivity index (χ4n) is 2.77. The second-order valence-electron chi connectivity index (χ2n) is 6.10. The average Bonchev–Trinajstić information content (AvgIpc) is 3.27. The van der Waals surface area contributed by atoms with Gasteiger partial charge in [-0.05, 0) is 43.4 Å². The van der Waals surface area contributed by atoms with E-state index in [1.807, 2.05) is 24.3 Å². The normalized spacial score (nSPS) is 18.0. The van der Waals surface area contributed by atoms with Crippen LogP contribution in [-0.4, -0.2) is 29.8 Å². The van der Waals surface area contributed by atoms with Crippen molar-refractivity contribution < 1.29 is 9.59 Å². The number of benzene rings is 1. The third-order valence-corrected chi connectivity index (χ3v) is 4.52. The molecular formula is C17H22N2O2. The zero-order valence-corrected chi connectivity index (χ0v) is 12.5. The molecule has 2 saturated carbocycles. The van der Waals surface area contributed by atoms with Gasteiger partial charge in [0.15, 0.2) is 0 Å². The number of hydrogen-bond donors (Lipinski definition) is 1. The van der Waals surface area contributed by atoms with Crippen LogP contribution < -0.4 is 5.32 Å². The number of nitrogens with zero attached hydrogens (tertiary/aromatic N) is 1. The highest BCUT2D eigenvalue weighted by Crippen LogP contribution is 2.34. The largest absolute Gasteiger partial charge is 0.355 e. The lowest BCUT2D eigenvalue weighted by molar-refractivity contribution is -0.139. The Balaban J connectivity index is 1.67. The minimum absolute atomic E-state index is 0.0776. The topological polar surface area (TPSA) is 49.4 Å². The summed E-state index contributed by atoms with van der Waals surface area (Å²) >= 11 is 0. The van der Waals surface area contributed by atoms with Gasteiger partial charge in [-0.3, -0.25) is 9.59 Å². The molecule has 0 spiro atoms. The molecule has 1 aromatic carbocycles. The molecule has 1 N–H and O–H groups in total. The number of carbonyl (C=O) groups is 2. The van der Waals surface area contributed by atoms with Crippen molar-refractivity contribution >= 4 is 11.8 Å². The van der Waals surface area contributed by atoms with Crippen molar-refractivity contribution in [1.82, 2.24) is 10.2 Å². The zero-order valence-electron chi connectivity index (χ0n) is 12.5. The maximum Gasteiger partial charge on any atom is 0.251 e.